The van der Waals surface area contributed by atoms with E-state index in [4.69, 9.17) is 10.7 Å². The van der Waals surface area contributed by atoms with Crippen molar-refractivity contribution < 1.29 is 0 Å². The summed E-state index contributed by atoms with van der Waals surface area (Å²) in [5.41, 5.74) is 10.5. The van der Waals surface area contributed by atoms with E-state index in [1.54, 1.807) is 6.20 Å². The van der Waals surface area contributed by atoms with Crippen LogP contribution in [0.4, 0.5) is 5.69 Å². The van der Waals surface area contributed by atoms with E-state index in [9.17, 15) is 4.79 Å². The van der Waals surface area contributed by atoms with Crippen molar-refractivity contribution in [2.24, 2.45) is 0 Å². The number of nitrogen functional groups attached to an aromatic ring is 1. The van der Waals surface area contributed by atoms with Crippen molar-refractivity contribution in [3.63, 3.8) is 0 Å². The Labute approximate surface area is 167 Å². The summed E-state index contributed by atoms with van der Waals surface area (Å²) in [7, 11) is 0. The molecule has 29 heavy (non-hydrogen) atoms. The summed E-state index contributed by atoms with van der Waals surface area (Å²) < 4.78 is 0. The number of nitrogens with two attached hydrogens (primary N) is 1. The van der Waals surface area contributed by atoms with Crippen LogP contribution in [0.15, 0.2) is 59.5 Å². The number of hydrogen-bond acceptors (Lipinski definition) is 6. The highest BCUT2D eigenvalue weighted by Gasteiger charge is 2.22. The van der Waals surface area contributed by atoms with Gasteiger partial charge in [0, 0.05) is 48.9 Å². The Morgan fingerprint density at radius 2 is 1.93 bits per heavy atom. The zero-order chi connectivity index (χ0) is 19.8. The fourth-order valence-corrected chi connectivity index (χ4v) is 3.70. The average Bonchev–Trinajstić information content (AvgIpc) is 2.74. The number of rotatable bonds is 3. The van der Waals surface area contributed by atoms with Crippen molar-refractivity contribution in [2.75, 3.05) is 12.3 Å². The fourth-order valence-electron chi connectivity index (χ4n) is 3.70. The molecule has 4 aromatic rings. The summed E-state index contributed by atoms with van der Waals surface area (Å²) in [4.78, 5) is 31.5. The molecule has 7 nitrogen and oxygen atoms in total. The van der Waals surface area contributed by atoms with Gasteiger partial charge in [0.15, 0.2) is 5.65 Å². The second-order valence-corrected chi connectivity index (χ2v) is 7.28. The largest absolute Gasteiger partial charge is 0.399 e. The zero-order valence-electron chi connectivity index (χ0n) is 15.8. The number of benzene rings is 1. The Bertz CT molecular complexity index is 1250. The topological polar surface area (TPSA) is 101 Å². The van der Waals surface area contributed by atoms with Crippen LogP contribution in [0.5, 0.6) is 0 Å². The van der Waals surface area contributed by atoms with Gasteiger partial charge in [-0.05, 0) is 48.5 Å². The third-order valence-electron chi connectivity index (χ3n) is 5.24. The second kappa shape index (κ2) is 7.10. The van der Waals surface area contributed by atoms with Crippen molar-refractivity contribution >= 4 is 16.7 Å². The molecule has 0 radical (unpaired) electrons. The molecule has 0 unspecified atom stereocenters. The minimum Gasteiger partial charge on any atom is -0.399 e. The van der Waals surface area contributed by atoms with Crippen LogP contribution in [-0.2, 0) is 19.5 Å². The van der Waals surface area contributed by atoms with Gasteiger partial charge in [0.05, 0.1) is 17.0 Å². The Balaban J connectivity index is 1.39. The van der Waals surface area contributed by atoms with Crippen LogP contribution in [0.2, 0.25) is 0 Å². The molecule has 0 amide bonds. The van der Waals surface area contributed by atoms with Crippen LogP contribution in [0.1, 0.15) is 17.0 Å². The lowest BCUT2D eigenvalue weighted by Gasteiger charge is -2.27. The Hall–Kier alpha value is -3.58. The van der Waals surface area contributed by atoms with Gasteiger partial charge in [-0.25, -0.2) is 15.0 Å². The van der Waals surface area contributed by atoms with Crippen molar-refractivity contribution in [3.05, 3.63) is 82.0 Å². The lowest BCUT2D eigenvalue weighted by atomic mass is 10.1. The van der Waals surface area contributed by atoms with E-state index in [-0.39, 0.29) is 5.56 Å². The van der Waals surface area contributed by atoms with Crippen LogP contribution in [-0.4, -0.2) is 31.4 Å². The predicted octanol–water partition coefficient (Wildman–Crippen LogP) is 2.52. The van der Waals surface area contributed by atoms with Crippen LogP contribution in [0, 0.1) is 0 Å². The SMILES string of the molecule is Nc1ccc(-c2nc3c(c(=O)[nH]2)CN(Cc2ccc4cccnc4n2)CC3)cc1. The number of nitrogens with zero attached hydrogens (tertiary/aromatic N) is 4. The number of aromatic amines is 1. The van der Waals surface area contributed by atoms with E-state index >= 15 is 0 Å². The monoisotopic (exact) mass is 384 g/mol. The molecule has 0 spiro atoms. The summed E-state index contributed by atoms with van der Waals surface area (Å²) in [6, 6.07) is 15.3. The first kappa shape index (κ1) is 17.5. The molecule has 0 saturated carbocycles. The smallest absolute Gasteiger partial charge is 0.255 e. The number of aromatic nitrogens is 4. The molecule has 0 atom stereocenters. The van der Waals surface area contributed by atoms with Crippen LogP contribution in [0.3, 0.4) is 0 Å². The Morgan fingerprint density at radius 3 is 2.79 bits per heavy atom. The van der Waals surface area contributed by atoms with Crippen molar-refractivity contribution in [3.8, 4) is 11.4 Å². The highest BCUT2D eigenvalue weighted by molar-refractivity contribution is 5.74. The maximum Gasteiger partial charge on any atom is 0.255 e. The highest BCUT2D eigenvalue weighted by Crippen LogP contribution is 2.21. The molecule has 3 aromatic heterocycles. The highest BCUT2D eigenvalue weighted by atomic mass is 16.1. The molecule has 0 bridgehead atoms. The second-order valence-electron chi connectivity index (χ2n) is 7.28. The summed E-state index contributed by atoms with van der Waals surface area (Å²) >= 11 is 0. The Morgan fingerprint density at radius 1 is 1.07 bits per heavy atom. The van der Waals surface area contributed by atoms with Gasteiger partial charge in [-0.15, -0.1) is 0 Å². The molecule has 1 aromatic carbocycles. The van der Waals surface area contributed by atoms with Gasteiger partial charge in [0.2, 0.25) is 0 Å². The minimum absolute atomic E-state index is 0.0836. The van der Waals surface area contributed by atoms with E-state index < -0.39 is 0 Å². The molecule has 1 aliphatic heterocycles. The van der Waals surface area contributed by atoms with E-state index in [0.29, 0.717) is 24.6 Å². The predicted molar refractivity (Wildman–Crippen MR) is 112 cm³/mol. The number of hydrogen-bond donors (Lipinski definition) is 2. The molecule has 1 aliphatic rings. The van der Waals surface area contributed by atoms with E-state index in [2.05, 4.69) is 19.9 Å². The summed E-state index contributed by atoms with van der Waals surface area (Å²) in [5.74, 6) is 0.587. The third-order valence-corrected chi connectivity index (χ3v) is 5.24. The standard InChI is InChI=1S/C22H20N6O/c23-16-6-3-15(4-7-16)21-26-19-9-11-28(13-18(19)22(29)27-21)12-17-8-5-14-2-1-10-24-20(14)25-17/h1-8,10H,9,11-13,23H2,(H,26,27,29). The average molecular weight is 384 g/mol. The third kappa shape index (κ3) is 3.48. The number of anilines is 1. The van der Waals surface area contributed by atoms with Gasteiger partial charge >= 0.3 is 0 Å². The lowest BCUT2D eigenvalue weighted by Crippen LogP contribution is -2.35. The maximum absolute atomic E-state index is 12.7. The van der Waals surface area contributed by atoms with Crippen LogP contribution >= 0.6 is 0 Å². The summed E-state index contributed by atoms with van der Waals surface area (Å²) in [5, 5.41) is 1.02. The van der Waals surface area contributed by atoms with E-state index in [1.165, 1.54) is 0 Å². The molecule has 7 heteroatoms. The molecule has 144 valence electrons. The molecular weight excluding hydrogens is 364 g/mol. The van der Waals surface area contributed by atoms with Crippen molar-refractivity contribution in [1.82, 2.24) is 24.8 Å². The first-order valence-electron chi connectivity index (χ1n) is 9.57. The fraction of sp³-hybridized carbons (Fsp3) is 0.182. The summed E-state index contributed by atoms with van der Waals surface area (Å²) in [6.45, 7) is 2.05. The van der Waals surface area contributed by atoms with Gasteiger partial charge < -0.3 is 10.7 Å². The van der Waals surface area contributed by atoms with Crippen molar-refractivity contribution in [2.45, 2.75) is 19.5 Å². The molecule has 4 heterocycles. The zero-order valence-corrected chi connectivity index (χ0v) is 15.8. The minimum atomic E-state index is -0.0836. The number of fused-ring (bicyclic) bond motifs is 2. The molecule has 5 rings (SSSR count). The maximum atomic E-state index is 12.7. The molecule has 0 saturated heterocycles. The number of pyridine rings is 2. The first-order valence-corrected chi connectivity index (χ1v) is 9.57. The number of nitrogens with one attached hydrogen (secondary N) is 1. The molecule has 3 N–H and O–H groups in total. The Kier molecular flexibility index (Phi) is 4.29. The van der Waals surface area contributed by atoms with Gasteiger partial charge in [-0.2, -0.15) is 0 Å². The van der Waals surface area contributed by atoms with Crippen molar-refractivity contribution in [1.29, 1.82) is 0 Å². The van der Waals surface area contributed by atoms with E-state index in [1.807, 2.05) is 48.5 Å². The first-order chi connectivity index (χ1) is 14.2. The summed E-state index contributed by atoms with van der Waals surface area (Å²) in [6.07, 6.45) is 2.48. The van der Waals surface area contributed by atoms with Gasteiger partial charge in [0.25, 0.3) is 5.56 Å². The van der Waals surface area contributed by atoms with Gasteiger partial charge in [0.1, 0.15) is 5.82 Å². The molecule has 0 fully saturated rings. The van der Waals surface area contributed by atoms with Crippen LogP contribution in [0.25, 0.3) is 22.4 Å². The van der Waals surface area contributed by atoms with Crippen LogP contribution < -0.4 is 11.3 Å². The molecular formula is C22H20N6O. The quantitative estimate of drug-likeness (QED) is 0.527. The number of H-pyrrole nitrogens is 1. The van der Waals surface area contributed by atoms with Gasteiger partial charge in [-0.3, -0.25) is 9.69 Å². The normalized spacial score (nSPS) is 14.1. The molecule has 0 aliphatic carbocycles. The van der Waals surface area contributed by atoms with Gasteiger partial charge in [-0.1, -0.05) is 0 Å². The van der Waals surface area contributed by atoms with E-state index in [0.717, 1.165) is 46.5 Å². The lowest BCUT2D eigenvalue weighted by molar-refractivity contribution is 0.239.